The van der Waals surface area contributed by atoms with Gasteiger partial charge in [-0.25, -0.2) is 0 Å². The molecule has 0 atom stereocenters. The Hall–Kier alpha value is 3.35. The first-order valence-electron chi connectivity index (χ1n) is 0.756. The summed E-state index contributed by atoms with van der Waals surface area (Å²) >= 11 is -3.11. The molecule has 0 heterocycles. The standard InChI is InChI=1S/4ClH.Sr.Ti.2H/h4*1H;;;;/q;;;;;+4;;/p-4. The van der Waals surface area contributed by atoms with Crippen molar-refractivity contribution in [3.8, 4) is 0 Å². The molecule has 0 aromatic heterocycles. The Morgan fingerprint density at radius 2 is 0.833 bits per heavy atom. The first kappa shape index (κ1) is 12.1. The molecule has 0 bridgehead atoms. The van der Waals surface area contributed by atoms with Gasteiger partial charge in [0, 0.05) is 0 Å². The zero-order valence-corrected chi connectivity index (χ0v) is 6.60. The summed E-state index contributed by atoms with van der Waals surface area (Å²) < 4.78 is 0. The second-order valence-corrected chi connectivity index (χ2v) is 15.9. The second kappa shape index (κ2) is 5.16. The quantitative estimate of drug-likeness (QED) is 0.594. The normalized spacial score (nSPS) is 10.0. The molecule has 0 fully saturated rings. The van der Waals surface area contributed by atoms with Crippen molar-refractivity contribution in [3.63, 3.8) is 0 Å². The van der Waals surface area contributed by atoms with Gasteiger partial charge in [-0.1, -0.05) is 0 Å². The third kappa shape index (κ3) is 26.4. The maximum absolute atomic E-state index is 5.01. The summed E-state index contributed by atoms with van der Waals surface area (Å²) in [4.78, 5) is 0. The van der Waals surface area contributed by atoms with Gasteiger partial charge in [0.2, 0.25) is 0 Å². The Morgan fingerprint density at radius 1 is 0.833 bits per heavy atom. The molecule has 0 saturated heterocycles. The monoisotopic (exact) mass is 278 g/mol. The molecule has 0 aliphatic carbocycles. The summed E-state index contributed by atoms with van der Waals surface area (Å²) in [5, 5.41) is 0. The molecule has 36 valence electrons. The minimum absolute atomic E-state index is 0. The van der Waals surface area contributed by atoms with Gasteiger partial charge in [0.25, 0.3) is 0 Å². The van der Waals surface area contributed by atoms with Crippen LogP contribution in [-0.2, 0) is 12.3 Å². The molecular formula is H2Cl4SrTi. The number of halogens is 4. The molecule has 0 spiro atoms. The van der Waals surface area contributed by atoms with E-state index in [-0.39, 0.29) is 45.5 Å². The average Bonchev–Trinajstić information content (AvgIpc) is 0.722. The SMILES string of the molecule is [Cl][Ti]([Cl])([Cl])[Cl].[SrH2]. The fourth-order valence-electron chi connectivity index (χ4n) is 0. The van der Waals surface area contributed by atoms with Crippen molar-refractivity contribution in [2.24, 2.45) is 0 Å². The fourth-order valence-corrected chi connectivity index (χ4v) is 0. The van der Waals surface area contributed by atoms with E-state index in [0.29, 0.717) is 0 Å². The molecule has 0 unspecified atom stereocenters. The van der Waals surface area contributed by atoms with E-state index in [2.05, 4.69) is 0 Å². The average molecular weight is 279 g/mol. The van der Waals surface area contributed by atoms with E-state index < -0.39 is 12.3 Å². The molecule has 0 saturated carbocycles. The third-order valence-corrected chi connectivity index (χ3v) is 0. The van der Waals surface area contributed by atoms with E-state index in [1.54, 1.807) is 0 Å². The number of hydrogen-bond donors (Lipinski definition) is 0. The minimum atomic E-state index is -3.11. The Balaban J connectivity index is 0. The molecule has 0 aromatic rings. The fraction of sp³-hybridized carbons (Fsp3) is 0. The van der Waals surface area contributed by atoms with E-state index >= 15 is 0 Å². The van der Waals surface area contributed by atoms with Crippen molar-refractivity contribution < 1.29 is 12.3 Å². The molecule has 0 N–H and O–H groups in total. The predicted octanol–water partition coefficient (Wildman–Crippen LogP) is 1.84. The summed E-state index contributed by atoms with van der Waals surface area (Å²) in [6, 6.07) is 0. The van der Waals surface area contributed by atoms with Crippen LogP contribution in [0.25, 0.3) is 0 Å². The van der Waals surface area contributed by atoms with Crippen LogP contribution in [0.4, 0.5) is 0 Å². The molecule has 0 amide bonds. The molecule has 0 aliphatic heterocycles. The van der Waals surface area contributed by atoms with Crippen LogP contribution < -0.4 is 0 Å². The van der Waals surface area contributed by atoms with E-state index in [4.69, 9.17) is 37.2 Å². The van der Waals surface area contributed by atoms with E-state index in [1.165, 1.54) is 0 Å². The van der Waals surface area contributed by atoms with Gasteiger partial charge < -0.3 is 0 Å². The summed E-state index contributed by atoms with van der Waals surface area (Å²) in [5.74, 6) is 0. The van der Waals surface area contributed by atoms with Gasteiger partial charge in [-0.15, -0.1) is 0 Å². The van der Waals surface area contributed by atoms with Crippen molar-refractivity contribution in [1.82, 2.24) is 0 Å². The van der Waals surface area contributed by atoms with Crippen LogP contribution in [0.5, 0.6) is 0 Å². The van der Waals surface area contributed by atoms with Crippen LogP contribution in [0, 0.1) is 0 Å². The van der Waals surface area contributed by atoms with Crippen molar-refractivity contribution in [3.05, 3.63) is 0 Å². The van der Waals surface area contributed by atoms with E-state index in [0.717, 1.165) is 0 Å². The predicted molar refractivity (Wildman–Crippen MR) is 32.0 cm³/mol. The van der Waals surface area contributed by atoms with Gasteiger partial charge in [-0.3, -0.25) is 0 Å². The second-order valence-electron chi connectivity index (χ2n) is 0.429. The van der Waals surface area contributed by atoms with Gasteiger partial charge in [0.1, 0.15) is 0 Å². The third-order valence-electron chi connectivity index (χ3n) is 0. The van der Waals surface area contributed by atoms with Crippen LogP contribution in [0.1, 0.15) is 0 Å². The first-order chi connectivity index (χ1) is 2.00. The summed E-state index contributed by atoms with van der Waals surface area (Å²) in [7, 11) is 20.1. The molecule has 0 rings (SSSR count). The van der Waals surface area contributed by atoms with Gasteiger partial charge >= 0.3 is 95.0 Å². The Labute approximate surface area is 92.6 Å². The van der Waals surface area contributed by atoms with Crippen molar-refractivity contribution in [2.75, 3.05) is 0 Å². The summed E-state index contributed by atoms with van der Waals surface area (Å²) in [5.41, 5.74) is 0. The van der Waals surface area contributed by atoms with E-state index in [9.17, 15) is 0 Å². The summed E-state index contributed by atoms with van der Waals surface area (Å²) in [6.07, 6.45) is 0. The molecule has 0 nitrogen and oxygen atoms in total. The Kier molecular flexibility index (Phi) is 10.4. The number of hydrogen-bond acceptors (Lipinski definition) is 0. The van der Waals surface area contributed by atoms with Crippen molar-refractivity contribution >= 4 is 82.7 Å². The molecule has 0 aromatic carbocycles. The first-order valence-corrected chi connectivity index (χ1v) is 9.35. The molecule has 6 heavy (non-hydrogen) atoms. The van der Waals surface area contributed by atoms with Gasteiger partial charge in [-0.2, -0.15) is 0 Å². The zero-order valence-electron chi connectivity index (χ0n) is 2.01. The van der Waals surface area contributed by atoms with Crippen molar-refractivity contribution in [2.45, 2.75) is 0 Å². The van der Waals surface area contributed by atoms with Gasteiger partial charge in [0.05, 0.1) is 0 Å². The molecular weight excluding hydrogens is 277 g/mol. The van der Waals surface area contributed by atoms with E-state index in [1.807, 2.05) is 0 Å². The summed E-state index contributed by atoms with van der Waals surface area (Å²) in [6.45, 7) is 0. The topological polar surface area (TPSA) is 0 Å². The maximum atomic E-state index is 5.01. The molecule has 6 heteroatoms. The Morgan fingerprint density at radius 3 is 0.833 bits per heavy atom. The zero-order chi connectivity index (χ0) is 4.50. The van der Waals surface area contributed by atoms with Crippen molar-refractivity contribution in [1.29, 1.82) is 0 Å². The molecule has 0 aliphatic rings. The number of rotatable bonds is 0. The Bertz CT molecular complexity index is 23.0. The van der Waals surface area contributed by atoms with Gasteiger partial charge in [-0.05, 0) is 0 Å². The van der Waals surface area contributed by atoms with Crippen LogP contribution in [-0.4, -0.2) is 45.5 Å². The molecule has 0 radical (unpaired) electrons. The van der Waals surface area contributed by atoms with Crippen LogP contribution >= 0.6 is 37.2 Å². The van der Waals surface area contributed by atoms with Crippen LogP contribution in [0.3, 0.4) is 0 Å². The van der Waals surface area contributed by atoms with Gasteiger partial charge in [0.15, 0.2) is 0 Å². The van der Waals surface area contributed by atoms with Crippen LogP contribution in [0.2, 0.25) is 0 Å². The van der Waals surface area contributed by atoms with Crippen LogP contribution in [0.15, 0.2) is 0 Å².